The Kier molecular flexibility index (Phi) is 5.46. The van der Waals surface area contributed by atoms with E-state index in [9.17, 15) is 9.18 Å². The van der Waals surface area contributed by atoms with Crippen molar-refractivity contribution >= 4 is 45.3 Å². The Morgan fingerprint density at radius 1 is 1.36 bits per heavy atom. The van der Waals surface area contributed by atoms with Crippen LogP contribution in [0.4, 0.5) is 15.1 Å². The number of carbonyl (C=O) groups excluding carboxylic acids is 1. The van der Waals surface area contributed by atoms with Crippen LogP contribution in [-0.2, 0) is 4.74 Å². The highest BCUT2D eigenvalue weighted by atomic mass is 32.1. The number of hydrogen-bond donors (Lipinski definition) is 2. The lowest BCUT2D eigenvalue weighted by molar-refractivity contribution is 0.0528. The summed E-state index contributed by atoms with van der Waals surface area (Å²) in [4.78, 5) is 12.8. The van der Waals surface area contributed by atoms with Crippen molar-refractivity contribution in [3.8, 4) is 0 Å². The van der Waals surface area contributed by atoms with E-state index in [0.29, 0.717) is 17.2 Å². The molecule has 0 aliphatic heterocycles. The van der Waals surface area contributed by atoms with Crippen molar-refractivity contribution in [1.29, 1.82) is 0 Å². The molecule has 1 heterocycles. The van der Waals surface area contributed by atoms with Crippen molar-refractivity contribution in [3.63, 3.8) is 0 Å². The SMILES string of the molecule is CCOC(=O)c1cc(C)sc1NC(=S)Nc1ccccc1F. The van der Waals surface area contributed by atoms with Crippen LogP contribution in [0.5, 0.6) is 0 Å². The first-order chi connectivity index (χ1) is 10.5. The molecule has 0 aliphatic carbocycles. The van der Waals surface area contributed by atoms with Crippen LogP contribution in [0.15, 0.2) is 30.3 Å². The van der Waals surface area contributed by atoms with Crippen LogP contribution in [0.25, 0.3) is 0 Å². The first-order valence-electron chi connectivity index (χ1n) is 6.61. The normalized spacial score (nSPS) is 10.1. The Labute approximate surface area is 137 Å². The van der Waals surface area contributed by atoms with E-state index >= 15 is 0 Å². The molecule has 0 aliphatic rings. The number of esters is 1. The molecule has 0 spiro atoms. The highest BCUT2D eigenvalue weighted by Crippen LogP contribution is 2.28. The van der Waals surface area contributed by atoms with Crippen LogP contribution in [-0.4, -0.2) is 17.7 Å². The van der Waals surface area contributed by atoms with Gasteiger partial charge in [-0.1, -0.05) is 12.1 Å². The molecule has 2 aromatic rings. The molecular weight excluding hydrogens is 323 g/mol. The number of thiocarbonyl (C=S) groups is 1. The van der Waals surface area contributed by atoms with Crippen LogP contribution in [0.2, 0.25) is 0 Å². The maximum atomic E-state index is 13.6. The fraction of sp³-hybridized carbons (Fsp3) is 0.200. The second kappa shape index (κ2) is 7.33. The molecule has 1 aromatic heterocycles. The number of aryl methyl sites for hydroxylation is 1. The fourth-order valence-electron chi connectivity index (χ4n) is 1.79. The van der Waals surface area contributed by atoms with E-state index in [1.54, 1.807) is 31.2 Å². The van der Waals surface area contributed by atoms with Crippen molar-refractivity contribution in [2.75, 3.05) is 17.2 Å². The Hall–Kier alpha value is -1.99. The molecule has 0 fully saturated rings. The predicted octanol–water partition coefficient (Wildman–Crippen LogP) is 4.18. The molecule has 7 heteroatoms. The lowest BCUT2D eigenvalue weighted by Gasteiger charge is -2.11. The first-order valence-corrected chi connectivity index (χ1v) is 7.83. The zero-order chi connectivity index (χ0) is 16.1. The summed E-state index contributed by atoms with van der Waals surface area (Å²) in [5.74, 6) is -0.817. The van der Waals surface area contributed by atoms with Crippen LogP contribution in [0.1, 0.15) is 22.2 Å². The van der Waals surface area contributed by atoms with Gasteiger partial charge in [0.25, 0.3) is 0 Å². The Balaban J connectivity index is 2.12. The van der Waals surface area contributed by atoms with Crippen LogP contribution >= 0.6 is 23.6 Å². The molecule has 2 rings (SSSR count). The summed E-state index contributed by atoms with van der Waals surface area (Å²) in [6.07, 6.45) is 0. The van der Waals surface area contributed by atoms with Gasteiger partial charge in [0.2, 0.25) is 0 Å². The first kappa shape index (κ1) is 16.4. The van der Waals surface area contributed by atoms with Crippen molar-refractivity contribution in [2.24, 2.45) is 0 Å². The molecule has 0 saturated heterocycles. The average molecular weight is 338 g/mol. The third kappa shape index (κ3) is 4.02. The van der Waals surface area contributed by atoms with Crippen molar-refractivity contribution < 1.29 is 13.9 Å². The molecular formula is C15H15FN2O2S2. The predicted molar refractivity (Wildman–Crippen MR) is 91.3 cm³/mol. The molecule has 0 radical (unpaired) electrons. The highest BCUT2D eigenvalue weighted by molar-refractivity contribution is 7.80. The zero-order valence-corrected chi connectivity index (χ0v) is 13.7. The number of ether oxygens (including phenoxy) is 1. The third-order valence-corrected chi connectivity index (χ3v) is 3.87. The number of hydrogen-bond acceptors (Lipinski definition) is 4. The van der Waals surface area contributed by atoms with Crippen molar-refractivity contribution in [1.82, 2.24) is 0 Å². The minimum absolute atomic E-state index is 0.206. The van der Waals surface area contributed by atoms with Gasteiger partial charge in [0.05, 0.1) is 17.9 Å². The summed E-state index contributed by atoms with van der Waals surface area (Å²) in [7, 11) is 0. The van der Waals surface area contributed by atoms with Gasteiger partial charge >= 0.3 is 5.97 Å². The van der Waals surface area contributed by atoms with Gasteiger partial charge in [-0.15, -0.1) is 11.3 Å². The van der Waals surface area contributed by atoms with E-state index in [-0.39, 0.29) is 10.8 Å². The van der Waals surface area contributed by atoms with Crippen LogP contribution < -0.4 is 10.6 Å². The van der Waals surface area contributed by atoms with Crippen LogP contribution in [0.3, 0.4) is 0 Å². The number of carbonyl (C=O) groups is 1. The topological polar surface area (TPSA) is 50.4 Å². The maximum absolute atomic E-state index is 13.6. The fourth-order valence-corrected chi connectivity index (χ4v) is 2.97. The second-order valence-corrected chi connectivity index (χ2v) is 6.04. The van der Waals surface area contributed by atoms with E-state index in [0.717, 1.165) is 4.88 Å². The van der Waals surface area contributed by atoms with E-state index in [1.807, 2.05) is 6.92 Å². The minimum Gasteiger partial charge on any atom is -0.462 e. The molecule has 2 N–H and O–H groups in total. The molecule has 4 nitrogen and oxygen atoms in total. The summed E-state index contributed by atoms with van der Waals surface area (Å²) in [5.41, 5.74) is 0.688. The summed E-state index contributed by atoms with van der Waals surface area (Å²) < 4.78 is 18.6. The van der Waals surface area contributed by atoms with E-state index in [1.165, 1.54) is 17.4 Å². The molecule has 0 unspecified atom stereocenters. The number of benzene rings is 1. The maximum Gasteiger partial charge on any atom is 0.341 e. The smallest absolute Gasteiger partial charge is 0.341 e. The Morgan fingerprint density at radius 2 is 2.09 bits per heavy atom. The average Bonchev–Trinajstić information content (AvgIpc) is 2.82. The van der Waals surface area contributed by atoms with E-state index in [2.05, 4.69) is 10.6 Å². The van der Waals surface area contributed by atoms with E-state index < -0.39 is 11.8 Å². The number of thiophene rings is 1. The van der Waals surface area contributed by atoms with Crippen molar-refractivity contribution in [2.45, 2.75) is 13.8 Å². The number of anilines is 2. The quantitative estimate of drug-likeness (QED) is 0.647. The van der Waals surface area contributed by atoms with Gasteiger partial charge in [-0.05, 0) is 44.3 Å². The number of halogens is 1. The van der Waals surface area contributed by atoms with Crippen LogP contribution in [0, 0.1) is 12.7 Å². The minimum atomic E-state index is -0.414. The van der Waals surface area contributed by atoms with Gasteiger partial charge in [0.1, 0.15) is 10.8 Å². The number of nitrogens with one attached hydrogen (secondary N) is 2. The highest BCUT2D eigenvalue weighted by Gasteiger charge is 2.17. The largest absolute Gasteiger partial charge is 0.462 e. The third-order valence-electron chi connectivity index (χ3n) is 2.70. The number of rotatable bonds is 4. The Bertz CT molecular complexity index is 701. The van der Waals surface area contributed by atoms with Gasteiger partial charge in [0.15, 0.2) is 5.11 Å². The lowest BCUT2D eigenvalue weighted by Crippen LogP contribution is -2.20. The number of para-hydroxylation sites is 1. The van der Waals surface area contributed by atoms with Gasteiger partial charge < -0.3 is 15.4 Å². The molecule has 1 aromatic carbocycles. The molecule has 0 atom stereocenters. The van der Waals surface area contributed by atoms with Gasteiger partial charge in [0, 0.05) is 4.88 Å². The van der Waals surface area contributed by atoms with Gasteiger partial charge in [-0.3, -0.25) is 0 Å². The summed E-state index contributed by atoms with van der Waals surface area (Å²) in [6.45, 7) is 3.92. The summed E-state index contributed by atoms with van der Waals surface area (Å²) in [6, 6.07) is 7.95. The monoisotopic (exact) mass is 338 g/mol. The Morgan fingerprint density at radius 3 is 2.77 bits per heavy atom. The molecule has 116 valence electrons. The standard InChI is InChI=1S/C15H15FN2O2S2/c1-3-20-14(19)10-8-9(2)22-13(10)18-15(21)17-12-7-5-4-6-11(12)16/h4-8H,3H2,1-2H3,(H2,17,18,21). The summed E-state index contributed by atoms with van der Waals surface area (Å²) >= 11 is 6.54. The lowest BCUT2D eigenvalue weighted by atomic mass is 10.3. The second-order valence-electron chi connectivity index (χ2n) is 4.38. The van der Waals surface area contributed by atoms with Gasteiger partial charge in [-0.2, -0.15) is 0 Å². The zero-order valence-electron chi connectivity index (χ0n) is 12.1. The molecule has 0 saturated carbocycles. The molecule has 0 bridgehead atoms. The van der Waals surface area contributed by atoms with Gasteiger partial charge in [-0.25, -0.2) is 9.18 Å². The molecule has 0 amide bonds. The van der Waals surface area contributed by atoms with E-state index in [4.69, 9.17) is 17.0 Å². The molecule has 22 heavy (non-hydrogen) atoms. The van der Waals surface area contributed by atoms with Crippen molar-refractivity contribution in [3.05, 3.63) is 46.6 Å². The summed E-state index contributed by atoms with van der Waals surface area (Å²) in [5, 5.41) is 6.46.